The maximum atomic E-state index is 12.1. The van der Waals surface area contributed by atoms with Gasteiger partial charge in [-0.3, -0.25) is 0 Å². The molecule has 0 radical (unpaired) electrons. The Morgan fingerprint density at radius 1 is 1.45 bits per heavy atom. The summed E-state index contributed by atoms with van der Waals surface area (Å²) in [4.78, 5) is 17.5. The lowest BCUT2D eigenvalue weighted by molar-refractivity contribution is -0.115. The van der Waals surface area contributed by atoms with Gasteiger partial charge in [-0.15, -0.1) is 11.3 Å². The highest BCUT2D eigenvalue weighted by atomic mass is 32.1. The summed E-state index contributed by atoms with van der Waals surface area (Å²) in [6, 6.07) is 0. The first-order valence-corrected chi connectivity index (χ1v) is 7.65. The van der Waals surface area contributed by atoms with Gasteiger partial charge in [-0.05, 0) is 20.8 Å². The molecule has 1 aromatic heterocycles. The Kier molecular flexibility index (Phi) is 4.55. The number of hydrogen-bond donors (Lipinski definition) is 1. The number of ether oxygens (including phenoxy) is 1. The Labute approximate surface area is 130 Å². The first kappa shape index (κ1) is 16.9. The predicted octanol–water partition coefficient (Wildman–Crippen LogP) is 3.45. The molecule has 1 aliphatic rings. The zero-order valence-corrected chi connectivity index (χ0v) is 13.3. The second-order valence-electron chi connectivity index (χ2n) is 6.13. The smallest absolute Gasteiger partial charge is 0.410 e. The molecule has 0 aromatic carbocycles. The van der Waals surface area contributed by atoms with Gasteiger partial charge < -0.3 is 15.0 Å². The van der Waals surface area contributed by atoms with Crippen molar-refractivity contribution in [2.45, 2.75) is 38.5 Å². The Morgan fingerprint density at radius 2 is 2.09 bits per heavy atom. The van der Waals surface area contributed by atoms with Crippen LogP contribution in [0.5, 0.6) is 0 Å². The van der Waals surface area contributed by atoms with E-state index in [4.69, 9.17) is 4.74 Å². The number of likely N-dealkylation sites (tertiary alicyclic amines) is 1. The third-order valence-electron chi connectivity index (χ3n) is 2.91. The monoisotopic (exact) mass is 337 g/mol. The molecule has 0 unspecified atom stereocenters. The SMILES string of the molecule is CC(C)(C)OC(=O)N1CC(c2csc(NCC(F)(F)F)n2)C1. The number of carbonyl (C=O) groups excluding carboxylic acids is 1. The van der Waals surface area contributed by atoms with Crippen molar-refractivity contribution in [2.75, 3.05) is 25.0 Å². The summed E-state index contributed by atoms with van der Waals surface area (Å²) >= 11 is 1.13. The third-order valence-corrected chi connectivity index (χ3v) is 3.73. The van der Waals surface area contributed by atoms with Gasteiger partial charge in [0.15, 0.2) is 5.13 Å². The lowest BCUT2D eigenvalue weighted by Gasteiger charge is -2.39. The van der Waals surface area contributed by atoms with E-state index in [-0.39, 0.29) is 17.1 Å². The van der Waals surface area contributed by atoms with E-state index in [1.165, 1.54) is 0 Å². The number of nitrogens with one attached hydrogen (secondary N) is 1. The number of amides is 1. The lowest BCUT2D eigenvalue weighted by atomic mass is 9.98. The molecule has 0 atom stereocenters. The van der Waals surface area contributed by atoms with Crippen molar-refractivity contribution < 1.29 is 22.7 Å². The number of hydrogen-bond acceptors (Lipinski definition) is 5. The van der Waals surface area contributed by atoms with Crippen molar-refractivity contribution in [3.63, 3.8) is 0 Å². The van der Waals surface area contributed by atoms with Crippen molar-refractivity contribution in [3.8, 4) is 0 Å². The molecule has 0 bridgehead atoms. The molecule has 1 N–H and O–H groups in total. The molecule has 22 heavy (non-hydrogen) atoms. The molecule has 5 nitrogen and oxygen atoms in total. The molecule has 1 amide bonds. The van der Waals surface area contributed by atoms with Crippen molar-refractivity contribution >= 4 is 22.6 Å². The van der Waals surface area contributed by atoms with Crippen molar-refractivity contribution in [2.24, 2.45) is 0 Å². The lowest BCUT2D eigenvalue weighted by Crippen LogP contribution is -2.50. The Balaban J connectivity index is 1.81. The van der Waals surface area contributed by atoms with Crippen LogP contribution in [0, 0.1) is 0 Å². The Morgan fingerprint density at radius 3 is 2.64 bits per heavy atom. The molecule has 1 saturated heterocycles. The Bertz CT molecular complexity index is 533. The quantitative estimate of drug-likeness (QED) is 0.918. The summed E-state index contributed by atoms with van der Waals surface area (Å²) in [6.45, 7) is 5.22. The van der Waals surface area contributed by atoms with Gasteiger partial charge in [-0.1, -0.05) is 0 Å². The second kappa shape index (κ2) is 5.94. The van der Waals surface area contributed by atoms with Crippen LogP contribution in [0.2, 0.25) is 0 Å². The van der Waals surface area contributed by atoms with E-state index in [1.807, 2.05) is 0 Å². The highest BCUT2D eigenvalue weighted by Crippen LogP contribution is 2.31. The van der Waals surface area contributed by atoms with Gasteiger partial charge in [0.1, 0.15) is 12.1 Å². The van der Waals surface area contributed by atoms with Gasteiger partial charge in [-0.2, -0.15) is 13.2 Å². The predicted molar refractivity (Wildman–Crippen MR) is 77.2 cm³/mol. The fourth-order valence-electron chi connectivity index (χ4n) is 1.87. The van der Waals surface area contributed by atoms with Crippen LogP contribution < -0.4 is 5.32 Å². The number of aromatic nitrogens is 1. The van der Waals surface area contributed by atoms with E-state index in [2.05, 4.69) is 10.3 Å². The van der Waals surface area contributed by atoms with Gasteiger partial charge >= 0.3 is 12.3 Å². The fourth-order valence-corrected chi connectivity index (χ4v) is 2.66. The van der Waals surface area contributed by atoms with Gasteiger partial charge in [0, 0.05) is 24.4 Å². The summed E-state index contributed by atoms with van der Waals surface area (Å²) in [5, 5.41) is 4.21. The highest BCUT2D eigenvalue weighted by molar-refractivity contribution is 7.13. The molecule has 9 heteroatoms. The molecular formula is C13H18F3N3O2S. The number of halogens is 3. The minimum absolute atomic E-state index is 0.0465. The second-order valence-corrected chi connectivity index (χ2v) is 6.99. The summed E-state index contributed by atoms with van der Waals surface area (Å²) in [5.74, 6) is 0.0465. The average Bonchev–Trinajstić information content (AvgIpc) is 2.69. The van der Waals surface area contributed by atoms with Crippen LogP contribution in [0.25, 0.3) is 0 Å². The molecular weight excluding hydrogens is 319 g/mol. The van der Waals surface area contributed by atoms with Crippen LogP contribution in [0.15, 0.2) is 5.38 Å². The number of carbonyl (C=O) groups is 1. The molecule has 124 valence electrons. The largest absolute Gasteiger partial charge is 0.444 e. The van der Waals surface area contributed by atoms with Gasteiger partial charge in [0.25, 0.3) is 0 Å². The van der Waals surface area contributed by atoms with Crippen molar-refractivity contribution in [1.82, 2.24) is 9.88 Å². The minimum Gasteiger partial charge on any atom is -0.444 e. The molecule has 0 saturated carbocycles. The van der Waals surface area contributed by atoms with Crippen LogP contribution in [-0.2, 0) is 4.74 Å². The van der Waals surface area contributed by atoms with Crippen LogP contribution >= 0.6 is 11.3 Å². The van der Waals surface area contributed by atoms with E-state index in [0.717, 1.165) is 11.3 Å². The zero-order chi connectivity index (χ0) is 16.5. The van der Waals surface area contributed by atoms with E-state index in [1.54, 1.807) is 31.1 Å². The van der Waals surface area contributed by atoms with Gasteiger partial charge in [-0.25, -0.2) is 9.78 Å². The third kappa shape index (κ3) is 4.75. The number of rotatable bonds is 3. The number of anilines is 1. The molecule has 0 spiro atoms. The summed E-state index contributed by atoms with van der Waals surface area (Å²) < 4.78 is 41.6. The van der Waals surface area contributed by atoms with Crippen LogP contribution in [0.3, 0.4) is 0 Å². The number of alkyl halides is 3. The fraction of sp³-hybridized carbons (Fsp3) is 0.692. The maximum absolute atomic E-state index is 12.1. The number of nitrogens with zero attached hydrogens (tertiary/aromatic N) is 2. The summed E-state index contributed by atoms with van der Waals surface area (Å²) in [6.07, 6.45) is -4.65. The Hall–Kier alpha value is -1.51. The zero-order valence-electron chi connectivity index (χ0n) is 12.5. The van der Waals surface area contributed by atoms with Crippen LogP contribution in [0.1, 0.15) is 32.4 Å². The molecule has 1 fully saturated rings. The minimum atomic E-state index is -4.27. The van der Waals surface area contributed by atoms with Crippen molar-refractivity contribution in [3.05, 3.63) is 11.1 Å². The normalized spacial score (nSPS) is 16.4. The topological polar surface area (TPSA) is 54.5 Å². The van der Waals surface area contributed by atoms with Crippen LogP contribution in [-0.4, -0.2) is 47.4 Å². The van der Waals surface area contributed by atoms with E-state index in [0.29, 0.717) is 18.8 Å². The standard InChI is InChI=1S/C13H18F3N3O2S/c1-12(2,3)21-11(20)19-4-8(5-19)9-6-22-10(18-9)17-7-13(14,15)16/h6,8H,4-5,7H2,1-3H3,(H,17,18). The summed E-state index contributed by atoms with van der Waals surface area (Å²) in [7, 11) is 0. The number of thiazole rings is 1. The first-order chi connectivity index (χ1) is 10.0. The molecule has 0 aliphatic carbocycles. The first-order valence-electron chi connectivity index (χ1n) is 6.77. The highest BCUT2D eigenvalue weighted by Gasteiger charge is 2.36. The van der Waals surface area contributed by atoms with E-state index >= 15 is 0 Å². The van der Waals surface area contributed by atoms with E-state index in [9.17, 15) is 18.0 Å². The molecule has 2 heterocycles. The summed E-state index contributed by atoms with van der Waals surface area (Å²) in [5.41, 5.74) is 0.159. The molecule has 1 aromatic rings. The average molecular weight is 337 g/mol. The van der Waals surface area contributed by atoms with Crippen LogP contribution in [0.4, 0.5) is 23.1 Å². The maximum Gasteiger partial charge on any atom is 0.410 e. The van der Waals surface area contributed by atoms with Crippen molar-refractivity contribution in [1.29, 1.82) is 0 Å². The van der Waals surface area contributed by atoms with Gasteiger partial charge in [0.2, 0.25) is 0 Å². The molecule has 1 aliphatic heterocycles. The molecule has 2 rings (SSSR count). The van der Waals surface area contributed by atoms with E-state index < -0.39 is 18.3 Å². The van der Waals surface area contributed by atoms with Gasteiger partial charge in [0.05, 0.1) is 5.69 Å².